The highest BCUT2D eigenvalue weighted by Gasteiger charge is 2.40. The first-order chi connectivity index (χ1) is 18.9. The molecule has 0 radical (unpaired) electrons. The van der Waals surface area contributed by atoms with Gasteiger partial charge in [0.15, 0.2) is 11.6 Å². The van der Waals surface area contributed by atoms with Crippen LogP contribution in [0.2, 0.25) is 0 Å². The predicted octanol–water partition coefficient (Wildman–Crippen LogP) is 6.81. The van der Waals surface area contributed by atoms with E-state index in [0.717, 1.165) is 44.3 Å². The number of esters is 1. The second-order valence-corrected chi connectivity index (χ2v) is 11.2. The maximum absolute atomic E-state index is 15.6. The van der Waals surface area contributed by atoms with Crippen LogP contribution in [0.4, 0.5) is 17.6 Å². The van der Waals surface area contributed by atoms with Gasteiger partial charge < -0.3 is 18.9 Å². The van der Waals surface area contributed by atoms with Crippen molar-refractivity contribution in [3.8, 4) is 11.6 Å². The van der Waals surface area contributed by atoms with Gasteiger partial charge in [0.05, 0.1) is 31.8 Å². The molecule has 1 fully saturated rings. The molecule has 0 bridgehead atoms. The fourth-order valence-corrected chi connectivity index (χ4v) is 5.56. The summed E-state index contributed by atoms with van der Waals surface area (Å²) in [5.41, 5.74) is -1.38. The summed E-state index contributed by atoms with van der Waals surface area (Å²) in [6.07, 6.45) is -0.667. The molecule has 1 aliphatic rings. The van der Waals surface area contributed by atoms with E-state index in [9.17, 15) is 22.8 Å². The maximum Gasteiger partial charge on any atom is 0.421 e. The predicted molar refractivity (Wildman–Crippen MR) is 146 cm³/mol. The van der Waals surface area contributed by atoms with Crippen molar-refractivity contribution in [2.75, 3.05) is 34.5 Å². The van der Waals surface area contributed by atoms with Crippen LogP contribution in [0.5, 0.6) is 11.6 Å². The average Bonchev–Trinajstić information content (AvgIpc) is 2.90. The van der Waals surface area contributed by atoms with Crippen LogP contribution in [-0.4, -0.2) is 51.3 Å². The number of aromatic nitrogens is 1. The van der Waals surface area contributed by atoms with Crippen LogP contribution in [0.3, 0.4) is 0 Å². The maximum atomic E-state index is 15.6. The Hall–Kier alpha value is -2.32. The van der Waals surface area contributed by atoms with Crippen molar-refractivity contribution in [2.24, 2.45) is 17.8 Å². The van der Waals surface area contributed by atoms with Gasteiger partial charge in [-0.05, 0) is 65.1 Å². The van der Waals surface area contributed by atoms with Crippen LogP contribution in [0.1, 0.15) is 60.0 Å². The largest absolute Gasteiger partial charge is 0.465 e. The summed E-state index contributed by atoms with van der Waals surface area (Å²) >= 11 is 1.67. The molecule has 1 unspecified atom stereocenters. The SMILES string of the molecule is COCC(COC)C(C(=O)C1CCC(C)CC1)c1cc(F)c(Oc2ncc(I)cc2C(F)(F)F)cc1C(=O)OC. The summed E-state index contributed by atoms with van der Waals surface area (Å²) < 4.78 is 77.6. The fourth-order valence-electron chi connectivity index (χ4n) is 5.11. The molecule has 2 aromatic rings. The number of carbonyl (C=O) groups is 2. The molecule has 1 saturated carbocycles. The summed E-state index contributed by atoms with van der Waals surface area (Å²) in [6, 6.07) is 2.72. The molecule has 1 aromatic heterocycles. The molecule has 1 aromatic carbocycles. The van der Waals surface area contributed by atoms with Crippen LogP contribution >= 0.6 is 22.6 Å². The van der Waals surface area contributed by atoms with Crippen molar-refractivity contribution < 1.29 is 46.1 Å². The average molecular weight is 681 g/mol. The van der Waals surface area contributed by atoms with E-state index in [1.807, 2.05) is 0 Å². The molecular formula is C28H32F4INO6. The Balaban J connectivity index is 2.15. The monoisotopic (exact) mass is 681 g/mol. The molecule has 0 N–H and O–H groups in total. The van der Waals surface area contributed by atoms with Gasteiger partial charge in [0, 0.05) is 35.8 Å². The van der Waals surface area contributed by atoms with Crippen molar-refractivity contribution in [3.05, 3.63) is 50.5 Å². The molecule has 0 saturated heterocycles. The van der Waals surface area contributed by atoms with E-state index in [4.69, 9.17) is 18.9 Å². The molecule has 12 heteroatoms. The second-order valence-electron chi connectivity index (χ2n) is 9.98. The van der Waals surface area contributed by atoms with Crippen LogP contribution in [0.15, 0.2) is 24.4 Å². The lowest BCUT2D eigenvalue weighted by Gasteiger charge is -2.33. The summed E-state index contributed by atoms with van der Waals surface area (Å²) in [6.45, 7) is 2.28. The lowest BCUT2D eigenvalue weighted by Crippen LogP contribution is -2.35. The molecule has 0 aliphatic heterocycles. The number of pyridine rings is 1. The number of alkyl halides is 3. The zero-order valence-electron chi connectivity index (χ0n) is 22.6. The Kier molecular flexibility index (Phi) is 11.3. The number of carbonyl (C=O) groups excluding carboxylic acids is 2. The Labute approximate surface area is 244 Å². The summed E-state index contributed by atoms with van der Waals surface area (Å²) in [5, 5.41) is 0. The van der Waals surface area contributed by atoms with Gasteiger partial charge in [-0.15, -0.1) is 0 Å². The lowest BCUT2D eigenvalue weighted by molar-refractivity contribution is -0.139. The number of hydrogen-bond acceptors (Lipinski definition) is 7. The Morgan fingerprint density at radius 1 is 1.05 bits per heavy atom. The number of benzene rings is 1. The zero-order valence-corrected chi connectivity index (χ0v) is 24.8. The third-order valence-electron chi connectivity index (χ3n) is 7.13. The molecule has 0 amide bonds. The smallest absolute Gasteiger partial charge is 0.421 e. The van der Waals surface area contributed by atoms with Crippen LogP contribution < -0.4 is 4.74 Å². The van der Waals surface area contributed by atoms with Gasteiger partial charge in [0.2, 0.25) is 5.88 Å². The van der Waals surface area contributed by atoms with Gasteiger partial charge in [-0.25, -0.2) is 14.2 Å². The highest BCUT2D eigenvalue weighted by Crippen LogP contribution is 2.42. The molecule has 1 atom stereocenters. The normalized spacial score (nSPS) is 18.4. The van der Waals surface area contributed by atoms with E-state index >= 15 is 4.39 Å². The number of halogens is 5. The molecular weight excluding hydrogens is 649 g/mol. The summed E-state index contributed by atoms with van der Waals surface area (Å²) in [7, 11) is 4.02. The molecule has 1 aliphatic carbocycles. The highest BCUT2D eigenvalue weighted by molar-refractivity contribution is 14.1. The van der Waals surface area contributed by atoms with Gasteiger partial charge in [-0.1, -0.05) is 19.8 Å². The Morgan fingerprint density at radius 2 is 1.68 bits per heavy atom. The minimum Gasteiger partial charge on any atom is -0.465 e. The number of methoxy groups -OCH3 is 3. The van der Waals surface area contributed by atoms with E-state index in [1.165, 1.54) is 14.2 Å². The van der Waals surface area contributed by atoms with E-state index in [-0.39, 0.29) is 39.6 Å². The van der Waals surface area contributed by atoms with E-state index in [0.29, 0.717) is 18.8 Å². The number of Topliss-reactive ketones (excluding diaryl/α,β-unsaturated/α-hetero) is 1. The molecule has 3 rings (SSSR count). The van der Waals surface area contributed by atoms with Gasteiger partial charge >= 0.3 is 12.1 Å². The second kappa shape index (κ2) is 14.0. The Morgan fingerprint density at radius 3 is 2.23 bits per heavy atom. The molecule has 0 spiro atoms. The van der Waals surface area contributed by atoms with Crippen LogP contribution in [0, 0.1) is 27.1 Å². The van der Waals surface area contributed by atoms with Gasteiger partial charge in [0.1, 0.15) is 11.3 Å². The minimum absolute atomic E-state index is 0.0334. The number of rotatable bonds is 11. The van der Waals surface area contributed by atoms with Crippen molar-refractivity contribution in [1.29, 1.82) is 0 Å². The van der Waals surface area contributed by atoms with E-state index in [2.05, 4.69) is 11.9 Å². The van der Waals surface area contributed by atoms with Crippen molar-refractivity contribution >= 4 is 34.3 Å². The number of hydrogen-bond donors (Lipinski definition) is 0. The van der Waals surface area contributed by atoms with Crippen molar-refractivity contribution in [1.82, 2.24) is 4.98 Å². The van der Waals surface area contributed by atoms with Crippen molar-refractivity contribution in [3.63, 3.8) is 0 Å². The first-order valence-electron chi connectivity index (χ1n) is 12.7. The number of ketones is 1. The zero-order chi connectivity index (χ0) is 29.6. The molecule has 7 nitrogen and oxygen atoms in total. The topological polar surface area (TPSA) is 84.0 Å². The molecule has 1 heterocycles. The minimum atomic E-state index is -4.83. The fraction of sp³-hybridized carbons (Fsp3) is 0.536. The first kappa shape index (κ1) is 32.2. The van der Waals surface area contributed by atoms with E-state index in [1.54, 1.807) is 22.6 Å². The van der Waals surface area contributed by atoms with Gasteiger partial charge in [-0.3, -0.25) is 4.79 Å². The summed E-state index contributed by atoms with van der Waals surface area (Å²) in [5.74, 6) is -5.12. The molecule has 40 heavy (non-hydrogen) atoms. The van der Waals surface area contributed by atoms with Crippen molar-refractivity contribution in [2.45, 2.75) is 44.7 Å². The van der Waals surface area contributed by atoms with Crippen LogP contribution in [0.25, 0.3) is 0 Å². The van der Waals surface area contributed by atoms with Crippen LogP contribution in [-0.2, 0) is 25.2 Å². The van der Waals surface area contributed by atoms with E-state index < -0.39 is 47.0 Å². The lowest BCUT2D eigenvalue weighted by atomic mass is 9.72. The standard InChI is InChI=1S/C28H32F4INO6/c1-15-5-7-16(8-6-15)25(35)24(17(13-37-2)14-38-3)19-10-22(29)23(11-20(19)27(36)39-4)40-26-21(28(30,31)32)9-18(33)12-34-26/h9-12,15-17,24H,5-8,13-14H2,1-4H3. The third kappa shape index (κ3) is 7.69. The highest BCUT2D eigenvalue weighted by atomic mass is 127. The number of nitrogens with zero attached hydrogens (tertiary/aromatic N) is 1. The third-order valence-corrected chi connectivity index (χ3v) is 7.72. The number of ether oxygens (including phenoxy) is 4. The van der Waals surface area contributed by atoms with Gasteiger partial charge in [0.25, 0.3) is 0 Å². The summed E-state index contributed by atoms with van der Waals surface area (Å²) in [4.78, 5) is 30.6. The first-order valence-corrected chi connectivity index (χ1v) is 13.8. The quantitative estimate of drug-likeness (QED) is 0.146. The van der Waals surface area contributed by atoms with Gasteiger partial charge in [-0.2, -0.15) is 13.2 Å². The Bertz CT molecular complexity index is 1190. The molecule has 220 valence electrons.